The molecule has 3 nitrogen and oxygen atoms in total. The highest BCUT2D eigenvalue weighted by Crippen LogP contribution is 2.13. The molecular formula is C13H18F2N2O. The summed E-state index contributed by atoms with van der Waals surface area (Å²) in [6.07, 6.45) is 1.00. The third kappa shape index (κ3) is 3.26. The van der Waals surface area contributed by atoms with Crippen molar-refractivity contribution in [3.63, 3.8) is 0 Å². The van der Waals surface area contributed by atoms with Gasteiger partial charge in [0.05, 0.1) is 5.54 Å². The molecule has 1 aromatic carbocycles. The van der Waals surface area contributed by atoms with Crippen LogP contribution in [-0.4, -0.2) is 11.4 Å². The summed E-state index contributed by atoms with van der Waals surface area (Å²) in [4.78, 5) is 11.8. The number of rotatable bonds is 5. The van der Waals surface area contributed by atoms with E-state index in [1.807, 2.05) is 13.8 Å². The van der Waals surface area contributed by atoms with E-state index in [1.54, 1.807) is 0 Å². The van der Waals surface area contributed by atoms with Crippen LogP contribution < -0.4 is 11.1 Å². The Balaban J connectivity index is 2.68. The average Bonchev–Trinajstić information content (AvgIpc) is 2.36. The standard InChI is InChI=1S/C13H18F2N2O/c1-3-13(16,4-2)12(18)17-8-9-5-6-10(14)7-11(9)15/h5-7H,3-4,8,16H2,1-2H3,(H,17,18). The van der Waals surface area contributed by atoms with Crippen LogP contribution in [0.25, 0.3) is 0 Å². The zero-order valence-corrected chi connectivity index (χ0v) is 10.6. The van der Waals surface area contributed by atoms with Gasteiger partial charge in [-0.25, -0.2) is 8.78 Å². The van der Waals surface area contributed by atoms with Gasteiger partial charge >= 0.3 is 0 Å². The van der Waals surface area contributed by atoms with Gasteiger partial charge in [0.2, 0.25) is 5.91 Å². The lowest BCUT2D eigenvalue weighted by molar-refractivity contribution is -0.126. The Morgan fingerprint density at radius 2 is 1.94 bits per heavy atom. The molecule has 18 heavy (non-hydrogen) atoms. The summed E-state index contributed by atoms with van der Waals surface area (Å²) in [5.41, 5.74) is 5.20. The summed E-state index contributed by atoms with van der Waals surface area (Å²) < 4.78 is 26.0. The number of nitrogens with two attached hydrogens (primary N) is 1. The molecule has 0 spiro atoms. The van der Waals surface area contributed by atoms with Crippen molar-refractivity contribution in [1.29, 1.82) is 0 Å². The van der Waals surface area contributed by atoms with E-state index in [1.165, 1.54) is 6.07 Å². The molecule has 1 amide bonds. The molecule has 1 rings (SSSR count). The van der Waals surface area contributed by atoms with Crippen LogP contribution in [0.1, 0.15) is 32.3 Å². The first-order chi connectivity index (χ1) is 8.42. The normalized spacial score (nSPS) is 11.4. The van der Waals surface area contributed by atoms with Crippen molar-refractivity contribution in [1.82, 2.24) is 5.32 Å². The van der Waals surface area contributed by atoms with E-state index in [9.17, 15) is 13.6 Å². The molecular weight excluding hydrogens is 238 g/mol. The number of carbonyl (C=O) groups is 1. The van der Waals surface area contributed by atoms with Crippen LogP contribution in [0.2, 0.25) is 0 Å². The third-order valence-corrected chi connectivity index (χ3v) is 3.17. The van der Waals surface area contributed by atoms with Crippen LogP contribution in [0.5, 0.6) is 0 Å². The molecule has 0 saturated heterocycles. The summed E-state index contributed by atoms with van der Waals surface area (Å²) in [5, 5.41) is 2.58. The fraction of sp³-hybridized carbons (Fsp3) is 0.462. The summed E-state index contributed by atoms with van der Waals surface area (Å²) in [5.74, 6) is -1.64. The summed E-state index contributed by atoms with van der Waals surface area (Å²) in [6.45, 7) is 3.65. The first-order valence-electron chi connectivity index (χ1n) is 5.94. The molecule has 1 aromatic rings. The van der Waals surface area contributed by atoms with Crippen molar-refractivity contribution >= 4 is 5.91 Å². The van der Waals surface area contributed by atoms with E-state index in [0.717, 1.165) is 12.1 Å². The molecule has 0 aromatic heterocycles. The second kappa shape index (κ2) is 5.91. The van der Waals surface area contributed by atoms with Crippen molar-refractivity contribution in [2.24, 2.45) is 5.73 Å². The van der Waals surface area contributed by atoms with Crippen molar-refractivity contribution in [2.45, 2.75) is 38.8 Å². The van der Waals surface area contributed by atoms with Crippen LogP contribution in [-0.2, 0) is 11.3 Å². The third-order valence-electron chi connectivity index (χ3n) is 3.17. The average molecular weight is 256 g/mol. The van der Waals surface area contributed by atoms with Gasteiger partial charge in [-0.15, -0.1) is 0 Å². The van der Waals surface area contributed by atoms with Gasteiger partial charge in [-0.3, -0.25) is 4.79 Å². The van der Waals surface area contributed by atoms with Gasteiger partial charge in [0.25, 0.3) is 0 Å². The van der Waals surface area contributed by atoms with Gasteiger partial charge in [0.15, 0.2) is 0 Å². The number of halogens is 2. The van der Waals surface area contributed by atoms with Gasteiger partial charge in [0.1, 0.15) is 11.6 Å². The van der Waals surface area contributed by atoms with E-state index in [0.29, 0.717) is 12.8 Å². The first kappa shape index (κ1) is 14.6. The Labute approximate surface area is 105 Å². The van der Waals surface area contributed by atoms with Gasteiger partial charge in [-0.05, 0) is 18.9 Å². The van der Waals surface area contributed by atoms with E-state index >= 15 is 0 Å². The van der Waals surface area contributed by atoms with Crippen molar-refractivity contribution in [3.05, 3.63) is 35.4 Å². The molecule has 0 atom stereocenters. The van der Waals surface area contributed by atoms with Crippen LogP contribution >= 0.6 is 0 Å². The highest BCUT2D eigenvalue weighted by atomic mass is 19.1. The second-order valence-corrected chi connectivity index (χ2v) is 4.28. The Morgan fingerprint density at radius 3 is 2.44 bits per heavy atom. The minimum atomic E-state index is -0.934. The molecule has 3 N–H and O–H groups in total. The van der Waals surface area contributed by atoms with E-state index in [2.05, 4.69) is 5.32 Å². The van der Waals surface area contributed by atoms with Crippen LogP contribution in [0.3, 0.4) is 0 Å². The first-order valence-corrected chi connectivity index (χ1v) is 5.94. The molecule has 0 unspecified atom stereocenters. The fourth-order valence-electron chi connectivity index (χ4n) is 1.59. The molecule has 0 aliphatic rings. The molecule has 100 valence electrons. The minimum absolute atomic E-state index is 0.00387. The lowest BCUT2D eigenvalue weighted by atomic mass is 9.93. The number of benzene rings is 1. The van der Waals surface area contributed by atoms with Gasteiger partial charge < -0.3 is 11.1 Å². The number of hydrogen-bond donors (Lipinski definition) is 2. The molecule has 0 heterocycles. The van der Waals surface area contributed by atoms with Crippen molar-refractivity contribution < 1.29 is 13.6 Å². The molecule has 0 aliphatic heterocycles. The fourth-order valence-corrected chi connectivity index (χ4v) is 1.59. The number of amides is 1. The molecule has 0 bridgehead atoms. The maximum absolute atomic E-state index is 13.3. The SMILES string of the molecule is CCC(N)(CC)C(=O)NCc1ccc(F)cc1F. The van der Waals surface area contributed by atoms with Crippen LogP contribution in [0.15, 0.2) is 18.2 Å². The van der Waals surface area contributed by atoms with E-state index in [-0.39, 0.29) is 18.0 Å². The Hall–Kier alpha value is -1.49. The predicted molar refractivity (Wildman–Crippen MR) is 65.7 cm³/mol. The van der Waals surface area contributed by atoms with Gasteiger partial charge in [-0.1, -0.05) is 19.9 Å². The molecule has 0 fully saturated rings. The molecule has 5 heteroatoms. The maximum atomic E-state index is 13.3. The lowest BCUT2D eigenvalue weighted by Crippen LogP contribution is -2.52. The highest BCUT2D eigenvalue weighted by Gasteiger charge is 2.29. The largest absolute Gasteiger partial charge is 0.350 e. The van der Waals surface area contributed by atoms with Gasteiger partial charge in [0, 0.05) is 18.2 Å². The Morgan fingerprint density at radius 1 is 1.33 bits per heavy atom. The molecule has 0 saturated carbocycles. The smallest absolute Gasteiger partial charge is 0.240 e. The highest BCUT2D eigenvalue weighted by molar-refractivity contribution is 5.85. The Kier molecular flexibility index (Phi) is 4.78. The van der Waals surface area contributed by atoms with E-state index in [4.69, 9.17) is 5.73 Å². The number of nitrogens with one attached hydrogen (secondary N) is 1. The maximum Gasteiger partial charge on any atom is 0.240 e. The second-order valence-electron chi connectivity index (χ2n) is 4.28. The Bertz CT molecular complexity index is 431. The van der Waals surface area contributed by atoms with Gasteiger partial charge in [-0.2, -0.15) is 0 Å². The summed E-state index contributed by atoms with van der Waals surface area (Å²) in [6, 6.07) is 3.25. The minimum Gasteiger partial charge on any atom is -0.350 e. The topological polar surface area (TPSA) is 55.1 Å². The van der Waals surface area contributed by atoms with Crippen molar-refractivity contribution in [3.8, 4) is 0 Å². The number of carbonyl (C=O) groups excluding carboxylic acids is 1. The number of hydrogen-bond acceptors (Lipinski definition) is 2. The van der Waals surface area contributed by atoms with Crippen LogP contribution in [0.4, 0.5) is 8.78 Å². The molecule has 0 radical (unpaired) electrons. The summed E-state index contributed by atoms with van der Waals surface area (Å²) >= 11 is 0. The van der Waals surface area contributed by atoms with Crippen LogP contribution in [0, 0.1) is 11.6 Å². The van der Waals surface area contributed by atoms with E-state index < -0.39 is 17.2 Å². The monoisotopic (exact) mass is 256 g/mol. The quantitative estimate of drug-likeness (QED) is 0.847. The summed E-state index contributed by atoms with van der Waals surface area (Å²) in [7, 11) is 0. The van der Waals surface area contributed by atoms with Crippen molar-refractivity contribution in [2.75, 3.05) is 0 Å². The zero-order valence-electron chi connectivity index (χ0n) is 10.6. The zero-order chi connectivity index (χ0) is 13.8. The molecule has 0 aliphatic carbocycles. The predicted octanol–water partition coefficient (Wildman–Crippen LogP) is 2.10. The lowest BCUT2D eigenvalue weighted by Gasteiger charge is -2.25.